The third-order valence-electron chi connectivity index (χ3n) is 6.56. The zero-order valence-electron chi connectivity index (χ0n) is 19.3. The maximum Gasteiger partial charge on any atom is 0.293 e. The van der Waals surface area contributed by atoms with Gasteiger partial charge in [-0.25, -0.2) is 0 Å². The van der Waals surface area contributed by atoms with Crippen LogP contribution < -0.4 is 5.73 Å². The fourth-order valence-corrected chi connectivity index (χ4v) is 6.83. The number of fused-ring (bicyclic) bond motifs is 4. The molecule has 0 spiro atoms. The van der Waals surface area contributed by atoms with Gasteiger partial charge in [0.1, 0.15) is 5.78 Å². The molecule has 3 heterocycles. The molecular weight excluding hydrogens is 495 g/mol. The van der Waals surface area contributed by atoms with Crippen LogP contribution in [0.2, 0.25) is 5.02 Å². The van der Waals surface area contributed by atoms with Crippen molar-refractivity contribution < 1.29 is 19.1 Å². The van der Waals surface area contributed by atoms with E-state index in [1.54, 1.807) is 23.5 Å². The van der Waals surface area contributed by atoms with Gasteiger partial charge in [-0.3, -0.25) is 19.3 Å². The fourth-order valence-electron chi connectivity index (χ4n) is 5.23. The Balaban J connectivity index is 0.00000324. The number of rotatable bonds is 10. The van der Waals surface area contributed by atoms with Gasteiger partial charge < -0.3 is 10.5 Å². The number of hydrogen-bond acceptors (Lipinski definition) is 6. The highest BCUT2D eigenvalue weighted by molar-refractivity contribution is 7.12. The molecule has 1 saturated heterocycles. The van der Waals surface area contributed by atoms with E-state index in [0.717, 1.165) is 41.8 Å². The fraction of sp³-hybridized carbons (Fsp3) is 0.480. The van der Waals surface area contributed by atoms with E-state index in [0.29, 0.717) is 36.1 Å². The molecule has 0 saturated carbocycles. The summed E-state index contributed by atoms with van der Waals surface area (Å²) in [6.45, 7) is 5.75. The van der Waals surface area contributed by atoms with Crippen molar-refractivity contribution in [1.29, 1.82) is 0 Å². The highest BCUT2D eigenvalue weighted by Crippen LogP contribution is 2.49. The van der Waals surface area contributed by atoms with Gasteiger partial charge in [-0.1, -0.05) is 37.6 Å². The summed E-state index contributed by atoms with van der Waals surface area (Å²) in [7, 11) is 0. The van der Waals surface area contributed by atoms with Crippen LogP contribution in [0.1, 0.15) is 64.0 Å². The van der Waals surface area contributed by atoms with Gasteiger partial charge in [0.15, 0.2) is 0 Å². The molecule has 1 aromatic carbocycles. The molecule has 1 amide bonds. The average Bonchev–Trinajstić information content (AvgIpc) is 3.23. The van der Waals surface area contributed by atoms with Crippen molar-refractivity contribution >= 4 is 53.5 Å². The van der Waals surface area contributed by atoms with Crippen molar-refractivity contribution in [1.82, 2.24) is 4.90 Å². The molecular formula is C25H30Cl2N2O4S. The molecule has 2 N–H and O–H groups in total. The van der Waals surface area contributed by atoms with E-state index in [-0.39, 0.29) is 36.1 Å². The van der Waals surface area contributed by atoms with E-state index >= 15 is 0 Å². The summed E-state index contributed by atoms with van der Waals surface area (Å²) >= 11 is 7.51. The van der Waals surface area contributed by atoms with Crippen molar-refractivity contribution in [3.8, 4) is 0 Å². The predicted molar refractivity (Wildman–Crippen MR) is 136 cm³/mol. The topological polar surface area (TPSA) is 89.7 Å². The number of benzene rings is 1. The SMILES string of the molecule is CC(C)(COC=O)CN1C2CC[C@@H]1Cc1sc(CC(=O)Cc3ccc(Cl)cc3)c(C(N)=O)c12.Cl. The molecule has 9 heteroatoms. The molecule has 34 heavy (non-hydrogen) atoms. The third kappa shape index (κ3) is 5.65. The number of ether oxygens (including phenoxy) is 1. The van der Waals surface area contributed by atoms with Crippen molar-refractivity contribution in [2.45, 2.75) is 58.0 Å². The van der Waals surface area contributed by atoms with Crippen LogP contribution in [0, 0.1) is 5.41 Å². The first-order chi connectivity index (χ1) is 15.7. The van der Waals surface area contributed by atoms with E-state index in [1.807, 2.05) is 12.1 Å². The van der Waals surface area contributed by atoms with Crippen LogP contribution in [0.25, 0.3) is 0 Å². The minimum absolute atomic E-state index is 0. The molecule has 1 aromatic heterocycles. The summed E-state index contributed by atoms with van der Waals surface area (Å²) in [4.78, 5) is 40.5. The number of amides is 1. The Morgan fingerprint density at radius 1 is 1.24 bits per heavy atom. The van der Waals surface area contributed by atoms with Gasteiger partial charge in [-0.05, 0) is 42.5 Å². The predicted octanol–water partition coefficient (Wildman–Crippen LogP) is 4.54. The average molecular weight is 525 g/mol. The minimum atomic E-state index is -0.462. The smallest absolute Gasteiger partial charge is 0.293 e. The lowest BCUT2D eigenvalue weighted by Gasteiger charge is -2.40. The lowest BCUT2D eigenvalue weighted by atomic mass is 9.89. The van der Waals surface area contributed by atoms with Gasteiger partial charge >= 0.3 is 0 Å². The lowest BCUT2D eigenvalue weighted by Crippen LogP contribution is -2.44. The summed E-state index contributed by atoms with van der Waals surface area (Å²) in [5, 5.41) is 0.633. The van der Waals surface area contributed by atoms with E-state index in [9.17, 15) is 14.4 Å². The van der Waals surface area contributed by atoms with Gasteiger partial charge in [-0.15, -0.1) is 23.7 Å². The van der Waals surface area contributed by atoms with Gasteiger partial charge in [0, 0.05) is 51.7 Å². The summed E-state index contributed by atoms with van der Waals surface area (Å²) in [5.41, 5.74) is 8.11. The maximum absolute atomic E-state index is 12.8. The third-order valence-corrected chi connectivity index (χ3v) is 8.04. The minimum Gasteiger partial charge on any atom is -0.467 e. The summed E-state index contributed by atoms with van der Waals surface area (Å²) in [6.07, 6.45) is 3.36. The molecule has 2 atom stereocenters. The molecule has 2 aliphatic heterocycles. The van der Waals surface area contributed by atoms with Gasteiger partial charge in [0.2, 0.25) is 5.91 Å². The monoisotopic (exact) mass is 524 g/mol. The van der Waals surface area contributed by atoms with E-state index < -0.39 is 5.91 Å². The molecule has 2 aliphatic rings. The molecule has 2 aromatic rings. The largest absolute Gasteiger partial charge is 0.467 e. The second-order valence-electron chi connectivity index (χ2n) is 9.81. The van der Waals surface area contributed by atoms with Crippen LogP contribution in [0.5, 0.6) is 0 Å². The Bertz CT molecular complexity index is 1070. The number of carbonyl (C=O) groups is 3. The van der Waals surface area contributed by atoms with Crippen LogP contribution in [0.4, 0.5) is 0 Å². The molecule has 0 radical (unpaired) electrons. The Kier molecular flexibility index (Phi) is 8.45. The van der Waals surface area contributed by atoms with Gasteiger partial charge in [0.05, 0.1) is 12.2 Å². The summed E-state index contributed by atoms with van der Waals surface area (Å²) in [5.74, 6) is -0.414. The number of carbonyl (C=O) groups excluding carboxylic acids is 3. The first kappa shape index (κ1) is 26.7. The molecule has 4 rings (SSSR count). The number of halogens is 2. The Morgan fingerprint density at radius 3 is 2.59 bits per heavy atom. The molecule has 184 valence electrons. The first-order valence-electron chi connectivity index (χ1n) is 11.2. The molecule has 1 unspecified atom stereocenters. The normalized spacial score (nSPS) is 19.3. The van der Waals surface area contributed by atoms with Gasteiger partial charge in [0.25, 0.3) is 6.47 Å². The van der Waals surface area contributed by atoms with Crippen molar-refractivity contribution in [3.05, 3.63) is 55.7 Å². The zero-order valence-corrected chi connectivity index (χ0v) is 21.7. The van der Waals surface area contributed by atoms with E-state index in [1.165, 1.54) is 4.88 Å². The highest BCUT2D eigenvalue weighted by atomic mass is 35.5. The standard InChI is InChI=1S/C25H29ClN2O4S.ClH/c1-25(2,13-32-14-29)12-28-17-7-8-19(28)22-20(10-17)33-21(23(22)24(27)31)11-18(30)9-15-3-5-16(26)6-4-15;/h3-6,14,17,19H,7-13H2,1-2H3,(H2,27,31);1H/t17-,19?;/m1./s1. The lowest BCUT2D eigenvalue weighted by molar-refractivity contribution is -0.132. The number of hydrogen-bond donors (Lipinski definition) is 1. The number of thiophene rings is 1. The van der Waals surface area contributed by atoms with Crippen LogP contribution in [-0.2, 0) is 33.6 Å². The Morgan fingerprint density at radius 2 is 1.94 bits per heavy atom. The van der Waals surface area contributed by atoms with Crippen LogP contribution in [-0.4, -0.2) is 42.3 Å². The Labute approximate surface area is 215 Å². The maximum atomic E-state index is 12.8. The van der Waals surface area contributed by atoms with Crippen LogP contribution in [0.15, 0.2) is 24.3 Å². The number of primary amides is 1. The van der Waals surface area contributed by atoms with E-state index in [2.05, 4.69) is 18.7 Å². The zero-order chi connectivity index (χ0) is 23.8. The number of nitrogens with zero attached hydrogens (tertiary/aromatic N) is 1. The number of Topliss-reactive ketones (excluding diaryl/α,β-unsaturated/α-hetero) is 1. The molecule has 1 fully saturated rings. The van der Waals surface area contributed by atoms with Crippen molar-refractivity contribution in [3.63, 3.8) is 0 Å². The van der Waals surface area contributed by atoms with Gasteiger partial charge in [-0.2, -0.15) is 0 Å². The van der Waals surface area contributed by atoms with Crippen LogP contribution >= 0.6 is 35.3 Å². The summed E-state index contributed by atoms with van der Waals surface area (Å²) < 4.78 is 5.04. The number of nitrogens with two attached hydrogens (primary N) is 1. The van der Waals surface area contributed by atoms with Crippen molar-refractivity contribution in [2.24, 2.45) is 11.1 Å². The van der Waals surface area contributed by atoms with E-state index in [4.69, 9.17) is 22.1 Å². The second kappa shape index (κ2) is 10.8. The second-order valence-corrected chi connectivity index (χ2v) is 11.4. The summed E-state index contributed by atoms with van der Waals surface area (Å²) in [6, 6.07) is 7.73. The molecule has 2 bridgehead atoms. The molecule has 6 nitrogen and oxygen atoms in total. The first-order valence-corrected chi connectivity index (χ1v) is 12.4. The van der Waals surface area contributed by atoms with Crippen molar-refractivity contribution in [2.75, 3.05) is 13.2 Å². The molecule has 0 aliphatic carbocycles. The Hall–Kier alpha value is -1.93. The highest BCUT2D eigenvalue weighted by Gasteiger charge is 2.45. The quantitative estimate of drug-likeness (QED) is 0.460. The number of ketones is 1. The van der Waals surface area contributed by atoms with Crippen LogP contribution in [0.3, 0.4) is 0 Å².